The van der Waals surface area contributed by atoms with Crippen molar-refractivity contribution in [1.29, 1.82) is 0 Å². The predicted molar refractivity (Wildman–Crippen MR) is 138 cm³/mol. The molecule has 0 atom stereocenters. The number of anilines is 2. The molecule has 0 bridgehead atoms. The van der Waals surface area contributed by atoms with Gasteiger partial charge in [0.05, 0.1) is 5.39 Å². The van der Waals surface area contributed by atoms with E-state index in [9.17, 15) is 9.59 Å². The van der Waals surface area contributed by atoms with Gasteiger partial charge in [-0.25, -0.2) is 15.0 Å². The lowest BCUT2D eigenvalue weighted by Gasteiger charge is -2.48. The summed E-state index contributed by atoms with van der Waals surface area (Å²) >= 11 is 0. The van der Waals surface area contributed by atoms with Gasteiger partial charge in [-0.05, 0) is 42.3 Å². The first kappa shape index (κ1) is 22.0. The van der Waals surface area contributed by atoms with Gasteiger partial charge in [0.1, 0.15) is 23.6 Å². The SMILES string of the molecule is C=CC(=O)N1CCC2(C1)CN(c1ncnc3[nH]cc(-c4ccc(C(=O)Nc5ccccn5)cc4)c13)C2. The number of hydrogen-bond acceptors (Lipinski definition) is 6. The Morgan fingerprint density at radius 3 is 2.64 bits per heavy atom. The molecule has 1 spiro atoms. The Kier molecular flexibility index (Phi) is 5.25. The first-order valence-corrected chi connectivity index (χ1v) is 11.9. The summed E-state index contributed by atoms with van der Waals surface area (Å²) in [5.74, 6) is 1.18. The Hall–Kier alpha value is -4.53. The van der Waals surface area contributed by atoms with Gasteiger partial charge < -0.3 is 20.1 Å². The Bertz CT molecular complexity index is 1460. The van der Waals surface area contributed by atoms with E-state index in [4.69, 9.17) is 0 Å². The lowest BCUT2D eigenvalue weighted by Crippen LogP contribution is -2.58. The summed E-state index contributed by atoms with van der Waals surface area (Å²) in [7, 11) is 0. The van der Waals surface area contributed by atoms with Gasteiger partial charge in [-0.3, -0.25) is 9.59 Å². The molecule has 9 heteroatoms. The summed E-state index contributed by atoms with van der Waals surface area (Å²) in [6.07, 6.45) is 7.53. The van der Waals surface area contributed by atoms with Crippen molar-refractivity contribution in [2.24, 2.45) is 5.41 Å². The van der Waals surface area contributed by atoms with E-state index in [2.05, 4.69) is 36.7 Å². The molecular weight excluding hydrogens is 454 g/mol. The van der Waals surface area contributed by atoms with Crippen LogP contribution >= 0.6 is 0 Å². The number of carbonyl (C=O) groups excluding carboxylic acids is 2. The molecule has 2 N–H and O–H groups in total. The third-order valence-electron chi connectivity index (χ3n) is 7.09. The molecule has 1 aromatic carbocycles. The van der Waals surface area contributed by atoms with Crippen molar-refractivity contribution < 1.29 is 9.59 Å². The van der Waals surface area contributed by atoms with Gasteiger partial charge in [-0.1, -0.05) is 24.8 Å². The van der Waals surface area contributed by atoms with E-state index in [0.29, 0.717) is 11.4 Å². The summed E-state index contributed by atoms with van der Waals surface area (Å²) < 4.78 is 0. The third-order valence-corrected chi connectivity index (χ3v) is 7.09. The second-order valence-corrected chi connectivity index (χ2v) is 9.44. The molecule has 9 nitrogen and oxygen atoms in total. The highest BCUT2D eigenvalue weighted by molar-refractivity contribution is 6.05. The molecule has 2 aliphatic rings. The van der Waals surface area contributed by atoms with Crippen LogP contribution in [0.5, 0.6) is 0 Å². The highest BCUT2D eigenvalue weighted by Gasteiger charge is 2.49. The van der Waals surface area contributed by atoms with Gasteiger partial charge in [0.25, 0.3) is 5.91 Å². The van der Waals surface area contributed by atoms with Crippen molar-refractivity contribution in [3.63, 3.8) is 0 Å². The number of aromatic nitrogens is 4. The normalized spacial score (nSPS) is 16.2. The maximum absolute atomic E-state index is 12.6. The first-order valence-electron chi connectivity index (χ1n) is 11.9. The van der Waals surface area contributed by atoms with Crippen LogP contribution in [0.4, 0.5) is 11.6 Å². The van der Waals surface area contributed by atoms with Crippen molar-refractivity contribution in [3.8, 4) is 11.1 Å². The molecular formula is C27H25N7O2. The molecule has 2 aliphatic heterocycles. The van der Waals surface area contributed by atoms with Crippen LogP contribution in [0, 0.1) is 5.41 Å². The highest BCUT2D eigenvalue weighted by Crippen LogP contribution is 2.44. The zero-order valence-electron chi connectivity index (χ0n) is 19.6. The molecule has 2 fully saturated rings. The Labute approximate surface area is 207 Å². The van der Waals surface area contributed by atoms with E-state index >= 15 is 0 Å². The van der Waals surface area contributed by atoms with Crippen molar-refractivity contribution in [2.75, 3.05) is 36.4 Å². The summed E-state index contributed by atoms with van der Waals surface area (Å²) in [6, 6.07) is 12.8. The molecule has 3 aromatic heterocycles. The minimum Gasteiger partial charge on any atom is -0.355 e. The summed E-state index contributed by atoms with van der Waals surface area (Å²) in [5.41, 5.74) is 3.36. The minimum atomic E-state index is -0.213. The van der Waals surface area contributed by atoms with E-state index in [0.717, 1.165) is 60.6 Å². The van der Waals surface area contributed by atoms with Crippen LogP contribution in [-0.4, -0.2) is 62.8 Å². The highest BCUT2D eigenvalue weighted by atomic mass is 16.2. The molecule has 2 amide bonds. The second kappa shape index (κ2) is 8.60. The monoisotopic (exact) mass is 479 g/mol. The fourth-order valence-electron chi connectivity index (χ4n) is 5.26. The Morgan fingerprint density at radius 2 is 1.89 bits per heavy atom. The first-order chi connectivity index (χ1) is 17.5. The molecule has 180 valence electrons. The number of amides is 2. The van der Waals surface area contributed by atoms with Crippen LogP contribution in [0.15, 0.2) is 73.8 Å². The molecule has 4 aromatic rings. The number of pyridine rings is 1. The summed E-state index contributed by atoms with van der Waals surface area (Å²) in [6.45, 7) is 6.83. The zero-order valence-corrected chi connectivity index (χ0v) is 19.6. The predicted octanol–water partition coefficient (Wildman–Crippen LogP) is 3.50. The molecule has 5 heterocycles. The standard InChI is InChI=1S/C27H25N7O2/c1-2-22(35)33-12-10-27(14-33)15-34(16-27)25-23-20(13-29-24(23)30-17-31-25)18-6-8-19(9-7-18)26(36)32-21-5-3-4-11-28-21/h2-9,11,13,17H,1,10,12,14-16H2,(H,28,32,36)(H,29,30,31). The Morgan fingerprint density at radius 1 is 1.06 bits per heavy atom. The second-order valence-electron chi connectivity index (χ2n) is 9.44. The number of carbonyl (C=O) groups is 2. The average Bonchev–Trinajstić information content (AvgIpc) is 3.54. The summed E-state index contributed by atoms with van der Waals surface area (Å²) in [4.78, 5) is 45.2. The van der Waals surface area contributed by atoms with Gasteiger partial charge >= 0.3 is 0 Å². The zero-order chi connectivity index (χ0) is 24.7. The minimum absolute atomic E-state index is 0.000155. The number of nitrogens with one attached hydrogen (secondary N) is 2. The third kappa shape index (κ3) is 3.78. The number of H-pyrrole nitrogens is 1. The van der Waals surface area contributed by atoms with Crippen molar-refractivity contribution >= 4 is 34.5 Å². The number of nitrogens with zero attached hydrogens (tertiary/aromatic N) is 5. The molecule has 0 aliphatic carbocycles. The number of hydrogen-bond donors (Lipinski definition) is 2. The van der Waals surface area contributed by atoms with E-state index in [1.54, 1.807) is 36.8 Å². The fraction of sp³-hybridized carbons (Fsp3) is 0.222. The molecule has 6 rings (SSSR count). The molecule has 36 heavy (non-hydrogen) atoms. The van der Waals surface area contributed by atoms with E-state index in [1.165, 1.54) is 6.08 Å². The van der Waals surface area contributed by atoms with Crippen molar-refractivity contribution in [3.05, 3.63) is 79.4 Å². The fourth-order valence-corrected chi connectivity index (χ4v) is 5.26. The lowest BCUT2D eigenvalue weighted by atomic mass is 9.79. The van der Waals surface area contributed by atoms with Gasteiger partial charge in [-0.2, -0.15) is 0 Å². The van der Waals surface area contributed by atoms with E-state index in [1.807, 2.05) is 29.3 Å². The van der Waals surface area contributed by atoms with Crippen LogP contribution in [-0.2, 0) is 4.79 Å². The number of fused-ring (bicyclic) bond motifs is 1. The molecule has 2 saturated heterocycles. The number of benzene rings is 1. The van der Waals surface area contributed by atoms with Gasteiger partial charge in [0, 0.05) is 55.1 Å². The van der Waals surface area contributed by atoms with Crippen LogP contribution in [0.2, 0.25) is 0 Å². The maximum Gasteiger partial charge on any atom is 0.256 e. The van der Waals surface area contributed by atoms with Crippen LogP contribution in [0.25, 0.3) is 22.2 Å². The number of likely N-dealkylation sites (tertiary alicyclic amines) is 1. The molecule has 0 radical (unpaired) electrons. The van der Waals surface area contributed by atoms with Crippen LogP contribution in [0.1, 0.15) is 16.8 Å². The van der Waals surface area contributed by atoms with Crippen molar-refractivity contribution in [1.82, 2.24) is 24.8 Å². The van der Waals surface area contributed by atoms with Gasteiger partial charge in [0.15, 0.2) is 0 Å². The smallest absolute Gasteiger partial charge is 0.256 e. The van der Waals surface area contributed by atoms with E-state index in [-0.39, 0.29) is 17.2 Å². The van der Waals surface area contributed by atoms with Gasteiger partial charge in [0.2, 0.25) is 5.91 Å². The van der Waals surface area contributed by atoms with Gasteiger partial charge in [-0.15, -0.1) is 0 Å². The quantitative estimate of drug-likeness (QED) is 0.425. The molecule has 0 unspecified atom stereocenters. The number of rotatable bonds is 5. The number of aromatic amines is 1. The largest absolute Gasteiger partial charge is 0.355 e. The lowest BCUT2D eigenvalue weighted by molar-refractivity contribution is -0.125. The van der Waals surface area contributed by atoms with Crippen molar-refractivity contribution in [2.45, 2.75) is 6.42 Å². The van der Waals surface area contributed by atoms with Crippen LogP contribution < -0.4 is 10.2 Å². The maximum atomic E-state index is 12.6. The molecule has 0 saturated carbocycles. The van der Waals surface area contributed by atoms with E-state index < -0.39 is 0 Å². The van der Waals surface area contributed by atoms with Crippen LogP contribution in [0.3, 0.4) is 0 Å². The Balaban J connectivity index is 1.23. The summed E-state index contributed by atoms with van der Waals surface area (Å²) in [5, 5.41) is 3.76. The average molecular weight is 480 g/mol. The topological polar surface area (TPSA) is 107 Å².